The summed E-state index contributed by atoms with van der Waals surface area (Å²) in [6, 6.07) is 3.15. The first-order valence-corrected chi connectivity index (χ1v) is 8.15. The molecule has 1 aromatic carbocycles. The number of hydrogen-bond donors (Lipinski definition) is 2. The summed E-state index contributed by atoms with van der Waals surface area (Å²) in [6.07, 6.45) is 7.43. The molecule has 0 spiro atoms. The molecule has 22 heavy (non-hydrogen) atoms. The van der Waals surface area contributed by atoms with Crippen molar-refractivity contribution in [3.63, 3.8) is 0 Å². The van der Waals surface area contributed by atoms with Crippen LogP contribution in [0.4, 0.5) is 0 Å². The van der Waals surface area contributed by atoms with Crippen LogP contribution in [0.5, 0.6) is 11.5 Å². The summed E-state index contributed by atoms with van der Waals surface area (Å²) in [5.74, 6) is 1.68. The third kappa shape index (κ3) is 1.93. The molecule has 4 nitrogen and oxygen atoms in total. The Bertz CT molecular complexity index is 599. The molecular formula is C18H22O4. The van der Waals surface area contributed by atoms with Gasteiger partial charge in [-0.05, 0) is 67.8 Å². The summed E-state index contributed by atoms with van der Waals surface area (Å²) in [6.45, 7) is 0. The molecule has 0 aromatic heterocycles. The van der Waals surface area contributed by atoms with Gasteiger partial charge >= 0.3 is 5.97 Å². The van der Waals surface area contributed by atoms with E-state index in [0.29, 0.717) is 5.75 Å². The second-order valence-electron chi connectivity index (χ2n) is 7.57. The van der Waals surface area contributed by atoms with Crippen LogP contribution in [0.15, 0.2) is 12.1 Å². The Hall–Kier alpha value is -1.71. The van der Waals surface area contributed by atoms with Crippen molar-refractivity contribution in [2.75, 3.05) is 7.11 Å². The van der Waals surface area contributed by atoms with Gasteiger partial charge in [-0.25, -0.2) is 4.79 Å². The van der Waals surface area contributed by atoms with Crippen LogP contribution < -0.4 is 4.74 Å². The fourth-order valence-corrected chi connectivity index (χ4v) is 5.76. The zero-order valence-corrected chi connectivity index (χ0v) is 12.8. The maximum absolute atomic E-state index is 11.4. The van der Waals surface area contributed by atoms with E-state index in [0.717, 1.165) is 42.6 Å². The maximum atomic E-state index is 11.4. The quantitative estimate of drug-likeness (QED) is 0.896. The van der Waals surface area contributed by atoms with Gasteiger partial charge in [0.15, 0.2) is 0 Å². The first kappa shape index (κ1) is 13.9. The SMILES string of the molecule is COc1cc(O)c(C(=O)O)cc1C12CC3CC(CC(C3)C1)C2. The zero-order valence-electron chi connectivity index (χ0n) is 12.8. The molecule has 0 atom stereocenters. The van der Waals surface area contributed by atoms with Gasteiger partial charge in [0.1, 0.15) is 17.1 Å². The lowest BCUT2D eigenvalue weighted by molar-refractivity contribution is -0.00620. The minimum Gasteiger partial charge on any atom is -0.507 e. The van der Waals surface area contributed by atoms with Gasteiger partial charge in [0.2, 0.25) is 0 Å². The Balaban J connectivity index is 1.84. The number of phenols is 1. The van der Waals surface area contributed by atoms with Gasteiger partial charge in [0, 0.05) is 11.6 Å². The Morgan fingerprint density at radius 2 is 1.68 bits per heavy atom. The van der Waals surface area contributed by atoms with Crippen molar-refractivity contribution in [3.8, 4) is 11.5 Å². The van der Waals surface area contributed by atoms with Crippen LogP contribution in [0.3, 0.4) is 0 Å². The standard InChI is InChI=1S/C18H22O4/c1-22-16-6-15(19)13(17(20)21)5-14(16)18-7-10-2-11(8-18)4-12(3-10)9-18/h5-6,10-12,19H,2-4,7-9H2,1H3,(H,20,21). The molecular weight excluding hydrogens is 280 g/mol. The topological polar surface area (TPSA) is 66.8 Å². The number of ether oxygens (including phenoxy) is 1. The van der Waals surface area contributed by atoms with Crippen molar-refractivity contribution in [2.45, 2.75) is 43.9 Å². The molecule has 2 N–H and O–H groups in total. The highest BCUT2D eigenvalue weighted by atomic mass is 16.5. The highest BCUT2D eigenvalue weighted by Gasteiger charge is 2.52. The molecule has 5 rings (SSSR count). The molecule has 4 aliphatic carbocycles. The lowest BCUT2D eigenvalue weighted by atomic mass is 9.48. The number of benzene rings is 1. The number of hydrogen-bond acceptors (Lipinski definition) is 3. The van der Waals surface area contributed by atoms with Crippen molar-refractivity contribution in [2.24, 2.45) is 17.8 Å². The molecule has 118 valence electrons. The third-order valence-electron chi connectivity index (χ3n) is 6.16. The summed E-state index contributed by atoms with van der Waals surface area (Å²) in [5.41, 5.74) is 1.05. The zero-order chi connectivity index (χ0) is 15.5. The molecule has 4 fully saturated rings. The van der Waals surface area contributed by atoms with E-state index in [1.54, 1.807) is 13.2 Å². The fraction of sp³-hybridized carbons (Fsp3) is 0.611. The van der Waals surface area contributed by atoms with Gasteiger partial charge < -0.3 is 14.9 Å². The van der Waals surface area contributed by atoms with Crippen molar-refractivity contribution in [1.82, 2.24) is 0 Å². The van der Waals surface area contributed by atoms with Gasteiger partial charge in [-0.2, -0.15) is 0 Å². The largest absolute Gasteiger partial charge is 0.507 e. The predicted octanol–water partition coefficient (Wildman–Crippen LogP) is 3.57. The van der Waals surface area contributed by atoms with E-state index in [2.05, 4.69) is 0 Å². The average Bonchev–Trinajstić information content (AvgIpc) is 2.44. The van der Waals surface area contributed by atoms with Crippen LogP contribution in [0.25, 0.3) is 0 Å². The molecule has 1 aromatic rings. The number of aromatic hydroxyl groups is 1. The van der Waals surface area contributed by atoms with E-state index in [9.17, 15) is 15.0 Å². The molecule has 0 saturated heterocycles. The van der Waals surface area contributed by atoms with Crippen LogP contribution >= 0.6 is 0 Å². The molecule has 0 aliphatic heterocycles. The van der Waals surface area contributed by atoms with Crippen LogP contribution in [-0.2, 0) is 5.41 Å². The first-order valence-electron chi connectivity index (χ1n) is 8.15. The van der Waals surface area contributed by atoms with E-state index >= 15 is 0 Å². The van der Waals surface area contributed by atoms with E-state index in [1.165, 1.54) is 25.3 Å². The highest BCUT2D eigenvalue weighted by molar-refractivity contribution is 5.91. The molecule has 4 bridgehead atoms. The molecule has 4 aliphatic rings. The minimum atomic E-state index is -1.08. The van der Waals surface area contributed by atoms with Crippen molar-refractivity contribution < 1.29 is 19.7 Å². The van der Waals surface area contributed by atoms with Crippen LogP contribution in [-0.4, -0.2) is 23.3 Å². The second kappa shape index (κ2) is 4.64. The summed E-state index contributed by atoms with van der Waals surface area (Å²) in [7, 11) is 1.60. The number of carboxylic acid groups (broad SMARTS) is 1. The Morgan fingerprint density at radius 3 is 2.14 bits per heavy atom. The lowest BCUT2D eigenvalue weighted by Gasteiger charge is -2.57. The summed E-state index contributed by atoms with van der Waals surface area (Å²) < 4.78 is 5.50. The Kier molecular flexibility index (Phi) is 2.94. The van der Waals surface area contributed by atoms with Crippen LogP contribution in [0.2, 0.25) is 0 Å². The maximum Gasteiger partial charge on any atom is 0.339 e. The predicted molar refractivity (Wildman–Crippen MR) is 81.5 cm³/mol. The highest BCUT2D eigenvalue weighted by Crippen LogP contribution is 2.62. The van der Waals surface area contributed by atoms with Gasteiger partial charge in [0.25, 0.3) is 0 Å². The number of rotatable bonds is 3. The summed E-state index contributed by atoms with van der Waals surface area (Å²) in [5, 5.41) is 19.3. The summed E-state index contributed by atoms with van der Waals surface area (Å²) >= 11 is 0. The summed E-state index contributed by atoms with van der Waals surface area (Å²) in [4.78, 5) is 11.4. The van der Waals surface area contributed by atoms with E-state index in [4.69, 9.17) is 4.74 Å². The second-order valence-corrected chi connectivity index (χ2v) is 7.57. The third-order valence-corrected chi connectivity index (χ3v) is 6.16. The Morgan fingerprint density at radius 1 is 1.14 bits per heavy atom. The van der Waals surface area contributed by atoms with Crippen LogP contribution in [0.1, 0.15) is 54.4 Å². The molecule has 4 heteroatoms. The molecule has 0 amide bonds. The Labute approximate surface area is 130 Å². The molecule has 0 heterocycles. The van der Waals surface area contributed by atoms with Crippen molar-refractivity contribution in [3.05, 3.63) is 23.3 Å². The molecule has 0 unspecified atom stereocenters. The first-order chi connectivity index (χ1) is 10.5. The van der Waals surface area contributed by atoms with E-state index in [1.807, 2.05) is 0 Å². The number of methoxy groups -OCH3 is 1. The van der Waals surface area contributed by atoms with E-state index in [-0.39, 0.29) is 16.7 Å². The molecule has 0 radical (unpaired) electrons. The molecule has 4 saturated carbocycles. The number of aromatic carboxylic acids is 1. The number of carboxylic acids is 1. The smallest absolute Gasteiger partial charge is 0.339 e. The van der Waals surface area contributed by atoms with Crippen LogP contribution in [0, 0.1) is 17.8 Å². The number of carbonyl (C=O) groups is 1. The van der Waals surface area contributed by atoms with Gasteiger partial charge in [-0.3, -0.25) is 0 Å². The minimum absolute atomic E-state index is 0.00783. The fourth-order valence-electron chi connectivity index (χ4n) is 5.76. The van der Waals surface area contributed by atoms with E-state index < -0.39 is 5.97 Å². The van der Waals surface area contributed by atoms with Crippen molar-refractivity contribution in [1.29, 1.82) is 0 Å². The lowest BCUT2D eigenvalue weighted by Crippen LogP contribution is -2.48. The van der Waals surface area contributed by atoms with Gasteiger partial charge in [0.05, 0.1) is 7.11 Å². The normalized spacial score (nSPS) is 35.6. The van der Waals surface area contributed by atoms with Gasteiger partial charge in [-0.15, -0.1) is 0 Å². The monoisotopic (exact) mass is 302 g/mol. The van der Waals surface area contributed by atoms with Gasteiger partial charge in [-0.1, -0.05) is 0 Å². The van der Waals surface area contributed by atoms with Crippen molar-refractivity contribution >= 4 is 5.97 Å². The average molecular weight is 302 g/mol.